The summed E-state index contributed by atoms with van der Waals surface area (Å²) in [6.45, 7) is -0.588. The lowest BCUT2D eigenvalue weighted by atomic mass is 9.98. The normalized spacial score (nSPS) is 16.5. The van der Waals surface area contributed by atoms with Crippen molar-refractivity contribution in [3.63, 3.8) is 0 Å². The molecule has 2 aromatic carbocycles. The van der Waals surface area contributed by atoms with E-state index in [1.165, 1.54) is 12.1 Å². The summed E-state index contributed by atoms with van der Waals surface area (Å²) in [4.78, 5) is 11.8. The minimum atomic E-state index is -4.69. The molecule has 3 rings (SSSR count). The second-order valence-electron chi connectivity index (χ2n) is 7.51. The Balaban J connectivity index is 1.59. The van der Waals surface area contributed by atoms with Crippen LogP contribution in [0, 0.1) is 5.92 Å². The van der Waals surface area contributed by atoms with Gasteiger partial charge in [0.15, 0.2) is 0 Å². The molecule has 1 heterocycles. The van der Waals surface area contributed by atoms with Crippen molar-refractivity contribution in [1.82, 2.24) is 4.31 Å². The van der Waals surface area contributed by atoms with E-state index in [1.807, 2.05) is 0 Å². The number of sulfonamides is 1. The van der Waals surface area contributed by atoms with E-state index in [4.69, 9.17) is 4.74 Å². The van der Waals surface area contributed by atoms with Gasteiger partial charge in [0.1, 0.15) is 6.61 Å². The molecule has 1 saturated heterocycles. The van der Waals surface area contributed by atoms with E-state index in [-0.39, 0.29) is 38.1 Å². The maximum atomic E-state index is 12.9. The van der Waals surface area contributed by atoms with E-state index in [2.05, 4.69) is 0 Å². The fraction of sp³-hybridized carbons (Fsp3) is 0.381. The molecule has 0 aromatic heterocycles. The molecule has 1 aliphatic heterocycles. The first kappa shape index (κ1) is 25.0. The summed E-state index contributed by atoms with van der Waals surface area (Å²) < 4.78 is 109. The smallest absolute Gasteiger partial charge is 0.416 e. The monoisotopic (exact) mass is 495 g/mol. The number of esters is 1. The third-order valence-corrected chi connectivity index (χ3v) is 7.12. The molecule has 0 spiro atoms. The van der Waals surface area contributed by atoms with E-state index in [9.17, 15) is 39.6 Å². The lowest BCUT2D eigenvalue weighted by Crippen LogP contribution is -2.40. The molecule has 0 unspecified atom stereocenters. The molecule has 0 bridgehead atoms. The lowest BCUT2D eigenvalue weighted by Gasteiger charge is -2.30. The topological polar surface area (TPSA) is 63.7 Å². The van der Waals surface area contributed by atoms with Crippen molar-refractivity contribution >= 4 is 16.0 Å². The number of benzene rings is 2. The Morgan fingerprint density at radius 2 is 1.45 bits per heavy atom. The largest absolute Gasteiger partial charge is 0.461 e. The van der Waals surface area contributed by atoms with E-state index < -0.39 is 50.3 Å². The Labute approximate surface area is 186 Å². The molecule has 0 amide bonds. The number of hydrogen-bond donors (Lipinski definition) is 0. The van der Waals surface area contributed by atoms with Gasteiger partial charge in [-0.2, -0.15) is 30.6 Å². The molecular formula is C21H19F6NO4S. The summed E-state index contributed by atoms with van der Waals surface area (Å²) >= 11 is 0. The summed E-state index contributed by atoms with van der Waals surface area (Å²) in [5, 5.41) is 0. The van der Waals surface area contributed by atoms with Crippen molar-refractivity contribution in [2.45, 2.75) is 36.7 Å². The maximum absolute atomic E-state index is 12.9. The maximum Gasteiger partial charge on any atom is 0.416 e. The SMILES string of the molecule is O=C(OCc1cccc(C(F)(F)F)c1)C1CCN(S(=O)(=O)c2cccc(C(F)(F)F)c2)CC1. The van der Waals surface area contributed by atoms with Crippen LogP contribution < -0.4 is 0 Å². The molecule has 33 heavy (non-hydrogen) atoms. The van der Waals surface area contributed by atoms with Crippen LogP contribution in [-0.2, 0) is 38.5 Å². The van der Waals surface area contributed by atoms with Crippen LogP contribution in [-0.4, -0.2) is 31.8 Å². The second-order valence-corrected chi connectivity index (χ2v) is 9.45. The minimum Gasteiger partial charge on any atom is -0.461 e. The first-order valence-electron chi connectivity index (χ1n) is 9.78. The van der Waals surface area contributed by atoms with Crippen LogP contribution in [0.25, 0.3) is 0 Å². The van der Waals surface area contributed by atoms with Crippen molar-refractivity contribution in [1.29, 1.82) is 0 Å². The van der Waals surface area contributed by atoms with Gasteiger partial charge < -0.3 is 4.74 Å². The highest BCUT2D eigenvalue weighted by atomic mass is 32.2. The van der Waals surface area contributed by atoms with Crippen molar-refractivity contribution in [2.24, 2.45) is 5.92 Å². The van der Waals surface area contributed by atoms with Crippen LogP contribution in [0.15, 0.2) is 53.4 Å². The second kappa shape index (κ2) is 9.34. The predicted octanol–water partition coefficient (Wildman–Crippen LogP) is 4.87. The van der Waals surface area contributed by atoms with Gasteiger partial charge in [0.2, 0.25) is 10.0 Å². The molecule has 0 saturated carbocycles. The zero-order valence-electron chi connectivity index (χ0n) is 17.0. The van der Waals surface area contributed by atoms with Crippen LogP contribution in [0.3, 0.4) is 0 Å². The predicted molar refractivity (Wildman–Crippen MR) is 104 cm³/mol. The van der Waals surface area contributed by atoms with Gasteiger partial charge in [0.05, 0.1) is 21.9 Å². The number of alkyl halides is 6. The third-order valence-electron chi connectivity index (χ3n) is 5.22. The van der Waals surface area contributed by atoms with Gasteiger partial charge in [-0.05, 0) is 48.7 Å². The Hall–Kier alpha value is -2.60. The van der Waals surface area contributed by atoms with Crippen molar-refractivity contribution < 1.29 is 44.3 Å². The first-order valence-corrected chi connectivity index (χ1v) is 11.2. The van der Waals surface area contributed by atoms with E-state index in [0.29, 0.717) is 6.07 Å². The third kappa shape index (κ3) is 6.05. The Morgan fingerprint density at radius 1 is 0.909 bits per heavy atom. The van der Waals surface area contributed by atoms with Crippen LogP contribution in [0.1, 0.15) is 29.5 Å². The van der Waals surface area contributed by atoms with E-state index >= 15 is 0 Å². The zero-order chi connectivity index (χ0) is 24.4. The summed E-state index contributed by atoms with van der Waals surface area (Å²) in [7, 11) is -4.19. The zero-order valence-corrected chi connectivity index (χ0v) is 17.8. The van der Waals surface area contributed by atoms with Gasteiger partial charge >= 0.3 is 18.3 Å². The fourth-order valence-corrected chi connectivity index (χ4v) is 4.94. The number of piperidine rings is 1. The highest BCUT2D eigenvalue weighted by Crippen LogP contribution is 2.32. The molecule has 0 aliphatic carbocycles. The lowest BCUT2D eigenvalue weighted by molar-refractivity contribution is -0.151. The Morgan fingerprint density at radius 3 is 2.03 bits per heavy atom. The minimum absolute atomic E-state index is 0.0691. The number of halogens is 6. The Kier molecular flexibility index (Phi) is 7.08. The number of ether oxygens (including phenoxy) is 1. The van der Waals surface area contributed by atoms with Crippen LogP contribution in [0.2, 0.25) is 0 Å². The highest BCUT2D eigenvalue weighted by molar-refractivity contribution is 7.89. The molecule has 180 valence electrons. The van der Waals surface area contributed by atoms with Crippen LogP contribution in [0.4, 0.5) is 26.3 Å². The van der Waals surface area contributed by atoms with Crippen LogP contribution >= 0.6 is 0 Å². The quantitative estimate of drug-likeness (QED) is 0.439. The molecule has 1 fully saturated rings. The molecule has 5 nitrogen and oxygen atoms in total. The van der Waals surface area contributed by atoms with Crippen molar-refractivity contribution in [3.05, 3.63) is 65.2 Å². The number of nitrogens with zero attached hydrogens (tertiary/aromatic N) is 1. The molecule has 12 heteroatoms. The van der Waals surface area contributed by atoms with Gasteiger partial charge in [0.25, 0.3) is 0 Å². The van der Waals surface area contributed by atoms with Gasteiger partial charge in [-0.25, -0.2) is 8.42 Å². The Bertz CT molecular complexity index is 1110. The first-order chi connectivity index (χ1) is 15.3. The molecule has 0 atom stereocenters. The standard InChI is InChI=1S/C21H19F6NO4S/c22-20(23,24)16-4-1-3-14(11-16)13-32-19(29)15-7-9-28(10-8-15)33(30,31)18-6-2-5-17(12-18)21(25,26)27/h1-6,11-12,15H,7-10,13H2. The van der Waals surface area contributed by atoms with Gasteiger partial charge in [0, 0.05) is 13.1 Å². The summed E-state index contributed by atoms with van der Waals surface area (Å²) in [6.07, 6.45) is -9.08. The van der Waals surface area contributed by atoms with Crippen LogP contribution in [0.5, 0.6) is 0 Å². The van der Waals surface area contributed by atoms with Crippen molar-refractivity contribution in [2.75, 3.05) is 13.1 Å². The number of hydrogen-bond acceptors (Lipinski definition) is 4. The van der Waals surface area contributed by atoms with Gasteiger partial charge in [-0.1, -0.05) is 18.2 Å². The molecular weight excluding hydrogens is 476 g/mol. The number of rotatable bonds is 5. The van der Waals surface area contributed by atoms with E-state index in [1.54, 1.807) is 0 Å². The molecule has 2 aromatic rings. The van der Waals surface area contributed by atoms with Gasteiger partial charge in [-0.15, -0.1) is 0 Å². The fourth-order valence-electron chi connectivity index (χ4n) is 3.42. The average molecular weight is 495 g/mol. The number of carbonyl (C=O) groups is 1. The van der Waals surface area contributed by atoms with E-state index in [0.717, 1.165) is 34.6 Å². The van der Waals surface area contributed by atoms with Crippen molar-refractivity contribution in [3.8, 4) is 0 Å². The molecule has 1 aliphatic rings. The number of carbonyl (C=O) groups excluding carboxylic acids is 1. The molecule has 0 radical (unpaired) electrons. The summed E-state index contributed by atoms with van der Waals surface area (Å²) in [5.74, 6) is -1.35. The summed E-state index contributed by atoms with van der Waals surface area (Å²) in [6, 6.07) is 7.75. The average Bonchev–Trinajstić information content (AvgIpc) is 2.76. The summed E-state index contributed by atoms with van der Waals surface area (Å²) in [5.41, 5.74) is -1.80. The highest BCUT2D eigenvalue weighted by Gasteiger charge is 2.36. The van der Waals surface area contributed by atoms with Gasteiger partial charge in [-0.3, -0.25) is 4.79 Å². The molecule has 0 N–H and O–H groups in total.